The summed E-state index contributed by atoms with van der Waals surface area (Å²) >= 11 is 0. The standard InChI is InChI=1S/C13H14O3.C11H12O2/c1-13(2)8-10-9(6-7-12(14)15)4-3-5-11(10)16-13;1-11(2)6-9-8(7-12)4-3-5-10(9)13-11/h3-7H,8H2,1-2H3,(H,14,15);3-5,7H,6H2,1-2H3/b7-6+;. The van der Waals surface area contributed by atoms with Gasteiger partial charge in [0.15, 0.2) is 0 Å². The summed E-state index contributed by atoms with van der Waals surface area (Å²) in [7, 11) is 0. The van der Waals surface area contributed by atoms with Gasteiger partial charge in [0.05, 0.1) is 0 Å². The highest BCUT2D eigenvalue weighted by atomic mass is 16.5. The molecule has 5 heteroatoms. The fourth-order valence-electron chi connectivity index (χ4n) is 3.68. The van der Waals surface area contributed by atoms with Crippen molar-refractivity contribution in [3.8, 4) is 11.5 Å². The lowest BCUT2D eigenvalue weighted by molar-refractivity contribution is -0.131. The maximum absolute atomic E-state index is 10.7. The monoisotopic (exact) mass is 394 g/mol. The number of hydrogen-bond acceptors (Lipinski definition) is 4. The minimum absolute atomic E-state index is 0.165. The minimum Gasteiger partial charge on any atom is -0.487 e. The molecule has 0 atom stereocenters. The van der Waals surface area contributed by atoms with E-state index in [0.29, 0.717) is 0 Å². The second-order valence-corrected chi connectivity index (χ2v) is 8.51. The molecular weight excluding hydrogens is 368 g/mol. The van der Waals surface area contributed by atoms with Gasteiger partial charge in [0.1, 0.15) is 29.0 Å². The molecule has 29 heavy (non-hydrogen) atoms. The molecule has 0 saturated carbocycles. The van der Waals surface area contributed by atoms with Crippen molar-refractivity contribution in [3.05, 3.63) is 64.7 Å². The molecule has 152 valence electrons. The molecule has 0 amide bonds. The lowest BCUT2D eigenvalue weighted by atomic mass is 9.97. The summed E-state index contributed by atoms with van der Waals surface area (Å²) in [6.45, 7) is 8.11. The highest BCUT2D eigenvalue weighted by Gasteiger charge is 2.32. The summed E-state index contributed by atoms with van der Waals surface area (Å²) < 4.78 is 11.4. The Hall–Kier alpha value is -3.08. The Labute approximate surface area is 171 Å². The topological polar surface area (TPSA) is 72.8 Å². The second-order valence-electron chi connectivity index (χ2n) is 8.51. The third-order valence-electron chi connectivity index (χ3n) is 4.85. The van der Waals surface area contributed by atoms with Gasteiger partial charge in [-0.3, -0.25) is 4.79 Å². The summed E-state index contributed by atoms with van der Waals surface area (Å²) in [5.41, 5.74) is 3.44. The number of benzene rings is 2. The SMILES string of the molecule is CC1(C)Cc2c(/C=C/C(=O)O)cccc2O1.CC1(C)Cc2c(C=O)cccc2O1. The van der Waals surface area contributed by atoms with E-state index >= 15 is 0 Å². The molecule has 5 nitrogen and oxygen atoms in total. The number of aldehydes is 1. The van der Waals surface area contributed by atoms with Gasteiger partial charge in [0, 0.05) is 35.6 Å². The first-order valence-electron chi connectivity index (χ1n) is 9.58. The molecule has 0 fully saturated rings. The fraction of sp³-hybridized carbons (Fsp3) is 0.333. The maximum Gasteiger partial charge on any atom is 0.328 e. The van der Waals surface area contributed by atoms with Crippen molar-refractivity contribution >= 4 is 18.3 Å². The van der Waals surface area contributed by atoms with Crippen LogP contribution in [0, 0.1) is 0 Å². The minimum atomic E-state index is -0.934. The van der Waals surface area contributed by atoms with E-state index < -0.39 is 5.97 Å². The van der Waals surface area contributed by atoms with Crippen molar-refractivity contribution in [1.82, 2.24) is 0 Å². The van der Waals surface area contributed by atoms with Crippen LogP contribution < -0.4 is 9.47 Å². The van der Waals surface area contributed by atoms with Crippen LogP contribution in [0.15, 0.2) is 42.5 Å². The summed E-state index contributed by atoms with van der Waals surface area (Å²) in [4.78, 5) is 21.2. The molecule has 0 spiro atoms. The van der Waals surface area contributed by atoms with Gasteiger partial charge < -0.3 is 14.6 Å². The van der Waals surface area contributed by atoms with E-state index in [1.165, 1.54) is 0 Å². The average molecular weight is 394 g/mol. The fourth-order valence-corrected chi connectivity index (χ4v) is 3.68. The predicted molar refractivity (Wildman–Crippen MR) is 112 cm³/mol. The van der Waals surface area contributed by atoms with Gasteiger partial charge in [-0.25, -0.2) is 4.79 Å². The van der Waals surface area contributed by atoms with Crippen molar-refractivity contribution in [3.63, 3.8) is 0 Å². The molecule has 2 aliphatic heterocycles. The molecule has 1 N–H and O–H groups in total. The van der Waals surface area contributed by atoms with Gasteiger partial charge in [-0.05, 0) is 51.5 Å². The molecule has 0 unspecified atom stereocenters. The van der Waals surface area contributed by atoms with E-state index in [9.17, 15) is 9.59 Å². The Morgan fingerprint density at radius 2 is 1.38 bits per heavy atom. The molecule has 2 aromatic carbocycles. The van der Waals surface area contributed by atoms with E-state index in [-0.39, 0.29) is 11.2 Å². The summed E-state index contributed by atoms with van der Waals surface area (Å²) in [6, 6.07) is 11.3. The maximum atomic E-state index is 10.7. The summed E-state index contributed by atoms with van der Waals surface area (Å²) in [5, 5.41) is 8.61. The number of fused-ring (bicyclic) bond motifs is 2. The lowest BCUT2D eigenvalue weighted by Gasteiger charge is -2.16. The van der Waals surface area contributed by atoms with Gasteiger partial charge in [0.2, 0.25) is 0 Å². The van der Waals surface area contributed by atoms with E-state index in [4.69, 9.17) is 14.6 Å². The Morgan fingerprint density at radius 3 is 1.86 bits per heavy atom. The summed E-state index contributed by atoms with van der Waals surface area (Å²) in [6.07, 6.45) is 5.29. The third-order valence-corrected chi connectivity index (χ3v) is 4.85. The highest BCUT2D eigenvalue weighted by molar-refractivity contribution is 5.85. The zero-order chi connectivity index (χ0) is 21.2. The van der Waals surface area contributed by atoms with Crippen LogP contribution in [0.5, 0.6) is 11.5 Å². The molecule has 4 rings (SSSR count). The molecule has 0 aromatic heterocycles. The second kappa shape index (κ2) is 7.74. The van der Waals surface area contributed by atoms with Crippen LogP contribution in [0.2, 0.25) is 0 Å². The van der Waals surface area contributed by atoms with Crippen LogP contribution in [-0.4, -0.2) is 28.6 Å². The number of rotatable bonds is 3. The largest absolute Gasteiger partial charge is 0.487 e. The van der Waals surface area contributed by atoms with Gasteiger partial charge in [-0.2, -0.15) is 0 Å². The Balaban J connectivity index is 0.000000169. The number of hydrogen-bond donors (Lipinski definition) is 1. The van der Waals surface area contributed by atoms with E-state index in [0.717, 1.165) is 59.0 Å². The third kappa shape index (κ3) is 4.86. The molecule has 2 aliphatic rings. The first-order valence-corrected chi connectivity index (χ1v) is 9.58. The number of carbonyl (C=O) groups is 2. The van der Waals surface area contributed by atoms with Crippen LogP contribution in [0.4, 0.5) is 0 Å². The van der Waals surface area contributed by atoms with Gasteiger partial charge in [-0.15, -0.1) is 0 Å². The number of aliphatic carboxylic acids is 1. The van der Waals surface area contributed by atoms with Crippen LogP contribution in [0.25, 0.3) is 6.08 Å². The van der Waals surface area contributed by atoms with Crippen molar-refractivity contribution in [1.29, 1.82) is 0 Å². The van der Waals surface area contributed by atoms with E-state index in [1.807, 2.05) is 64.1 Å². The normalized spacial score (nSPS) is 17.4. The number of carboxylic acids is 1. The van der Waals surface area contributed by atoms with Crippen LogP contribution in [0.3, 0.4) is 0 Å². The van der Waals surface area contributed by atoms with Crippen molar-refractivity contribution in [2.24, 2.45) is 0 Å². The zero-order valence-electron chi connectivity index (χ0n) is 17.2. The lowest BCUT2D eigenvalue weighted by Crippen LogP contribution is -2.24. The Kier molecular flexibility index (Phi) is 5.51. The Bertz CT molecular complexity index is 969. The van der Waals surface area contributed by atoms with E-state index in [2.05, 4.69) is 0 Å². The molecule has 0 saturated heterocycles. The molecule has 2 heterocycles. The predicted octanol–water partition coefficient (Wildman–Crippen LogP) is 4.71. The molecular formula is C24H26O5. The van der Waals surface area contributed by atoms with Crippen LogP contribution in [-0.2, 0) is 17.6 Å². The van der Waals surface area contributed by atoms with Crippen molar-refractivity contribution in [2.75, 3.05) is 0 Å². The molecule has 2 aromatic rings. The summed E-state index contributed by atoms with van der Waals surface area (Å²) in [5.74, 6) is 0.780. The van der Waals surface area contributed by atoms with Gasteiger partial charge >= 0.3 is 5.97 Å². The first-order chi connectivity index (χ1) is 13.6. The molecule has 0 bridgehead atoms. The number of ether oxygens (including phenoxy) is 2. The number of carboxylic acid groups (broad SMARTS) is 1. The van der Waals surface area contributed by atoms with Crippen LogP contribution >= 0.6 is 0 Å². The van der Waals surface area contributed by atoms with Crippen LogP contribution in [0.1, 0.15) is 54.7 Å². The quantitative estimate of drug-likeness (QED) is 0.603. The average Bonchev–Trinajstić information content (AvgIpc) is 3.12. The van der Waals surface area contributed by atoms with Gasteiger partial charge in [0.25, 0.3) is 0 Å². The van der Waals surface area contributed by atoms with Crippen molar-refractivity contribution < 1.29 is 24.2 Å². The zero-order valence-corrected chi connectivity index (χ0v) is 17.2. The highest BCUT2D eigenvalue weighted by Crippen LogP contribution is 2.37. The Morgan fingerprint density at radius 1 is 0.897 bits per heavy atom. The van der Waals surface area contributed by atoms with Crippen molar-refractivity contribution in [2.45, 2.75) is 51.7 Å². The smallest absolute Gasteiger partial charge is 0.328 e. The molecule has 0 aliphatic carbocycles. The first kappa shape index (κ1) is 20.6. The molecule has 0 radical (unpaired) electrons. The number of carbonyl (C=O) groups excluding carboxylic acids is 1. The van der Waals surface area contributed by atoms with Gasteiger partial charge in [-0.1, -0.05) is 24.3 Å². The van der Waals surface area contributed by atoms with E-state index in [1.54, 1.807) is 6.08 Å².